The number of thioether (sulfide) groups is 1. The monoisotopic (exact) mass is 458 g/mol. The maximum atomic E-state index is 14.4. The van der Waals surface area contributed by atoms with Crippen molar-refractivity contribution in [1.29, 1.82) is 0 Å². The molecule has 1 heterocycles. The normalized spacial score (nSPS) is 16.1. The van der Waals surface area contributed by atoms with Gasteiger partial charge in [0.05, 0.1) is 16.9 Å². The molecule has 1 saturated carbocycles. The van der Waals surface area contributed by atoms with Crippen molar-refractivity contribution in [3.05, 3.63) is 75.6 Å². The van der Waals surface area contributed by atoms with Crippen molar-refractivity contribution in [3.63, 3.8) is 0 Å². The van der Waals surface area contributed by atoms with E-state index in [0.29, 0.717) is 0 Å². The van der Waals surface area contributed by atoms with Gasteiger partial charge in [-0.1, -0.05) is 93.3 Å². The number of hydrogen-bond donors (Lipinski definition) is 0. The van der Waals surface area contributed by atoms with E-state index in [1.54, 1.807) is 11.8 Å². The average Bonchev–Trinajstić information content (AvgIpc) is 3.28. The van der Waals surface area contributed by atoms with Gasteiger partial charge in [0.2, 0.25) is 0 Å². The Morgan fingerprint density at radius 1 is 1.00 bits per heavy atom. The summed E-state index contributed by atoms with van der Waals surface area (Å²) in [5, 5.41) is 0.842. The number of aryl methyl sites for hydroxylation is 1. The van der Waals surface area contributed by atoms with Gasteiger partial charge < -0.3 is 0 Å². The highest BCUT2D eigenvalue weighted by Gasteiger charge is 2.44. The number of hydrogen-bond acceptors (Lipinski definition) is 3. The minimum absolute atomic E-state index is 0.0669. The Morgan fingerprint density at radius 3 is 2.55 bits per heavy atom. The van der Waals surface area contributed by atoms with E-state index in [1.807, 2.05) is 16.7 Å². The fraction of sp³-hybridized carbons (Fsp3) is 0.448. The molecule has 2 aromatic carbocycles. The Kier molecular flexibility index (Phi) is 6.47. The van der Waals surface area contributed by atoms with Crippen LogP contribution in [0, 0.1) is 6.92 Å². The van der Waals surface area contributed by atoms with Crippen molar-refractivity contribution in [1.82, 2.24) is 9.55 Å². The van der Waals surface area contributed by atoms with Gasteiger partial charge >= 0.3 is 0 Å². The summed E-state index contributed by atoms with van der Waals surface area (Å²) in [6.45, 7) is 4.34. The van der Waals surface area contributed by atoms with Gasteiger partial charge in [0, 0.05) is 16.7 Å². The van der Waals surface area contributed by atoms with Gasteiger partial charge in [0.1, 0.15) is 0 Å². The van der Waals surface area contributed by atoms with E-state index in [1.165, 1.54) is 37.7 Å². The van der Waals surface area contributed by atoms with Crippen molar-refractivity contribution >= 4 is 11.8 Å². The molecule has 1 aromatic heterocycles. The van der Waals surface area contributed by atoms with E-state index in [0.717, 1.165) is 64.7 Å². The molecule has 0 aliphatic heterocycles. The Bertz CT molecular complexity index is 1210. The number of fused-ring (bicyclic) bond motifs is 4. The molecule has 1 spiro atoms. The van der Waals surface area contributed by atoms with Crippen LogP contribution >= 0.6 is 11.8 Å². The number of aromatic nitrogens is 2. The third-order valence-corrected chi connectivity index (χ3v) is 8.56. The molecule has 0 amide bonds. The van der Waals surface area contributed by atoms with Gasteiger partial charge in [0.15, 0.2) is 5.16 Å². The summed E-state index contributed by atoms with van der Waals surface area (Å²) in [6.07, 6.45) is 10.4. The summed E-state index contributed by atoms with van der Waals surface area (Å²) in [5.74, 6) is 0.990. The standard InChI is InChI=1S/C29H34N2OS/c1-3-4-5-12-19-33-28-30-26-23-15-8-7-14-22(23)20-29(17-10-11-18-29)25(26)27(32)31(28)24-16-9-6-13-21(24)2/h6-9,13-16H,3-5,10-12,17-20H2,1-2H3. The minimum Gasteiger partial charge on any atom is -0.268 e. The largest absolute Gasteiger partial charge is 0.268 e. The number of nitrogens with zero attached hydrogens (tertiary/aromatic N) is 2. The summed E-state index contributed by atoms with van der Waals surface area (Å²) in [4.78, 5) is 19.7. The summed E-state index contributed by atoms with van der Waals surface area (Å²) < 4.78 is 1.94. The van der Waals surface area contributed by atoms with E-state index in [2.05, 4.69) is 50.2 Å². The Morgan fingerprint density at radius 2 is 1.76 bits per heavy atom. The van der Waals surface area contributed by atoms with Crippen LogP contribution in [-0.4, -0.2) is 15.3 Å². The van der Waals surface area contributed by atoms with Crippen molar-refractivity contribution in [3.8, 4) is 16.9 Å². The van der Waals surface area contributed by atoms with Gasteiger partial charge in [-0.2, -0.15) is 0 Å². The second-order valence-electron chi connectivity index (χ2n) is 9.78. The molecule has 2 aliphatic rings. The number of unbranched alkanes of at least 4 members (excludes halogenated alkanes) is 3. The molecule has 0 N–H and O–H groups in total. The third kappa shape index (κ3) is 4.07. The summed E-state index contributed by atoms with van der Waals surface area (Å²) in [7, 11) is 0. The predicted molar refractivity (Wildman–Crippen MR) is 139 cm³/mol. The second kappa shape index (κ2) is 9.50. The lowest BCUT2D eigenvalue weighted by Crippen LogP contribution is -2.40. The smallest absolute Gasteiger partial charge is 0.263 e. The summed E-state index contributed by atoms with van der Waals surface area (Å²) in [6, 6.07) is 16.9. The molecule has 0 unspecified atom stereocenters. The Labute approximate surface area is 201 Å². The summed E-state index contributed by atoms with van der Waals surface area (Å²) >= 11 is 1.75. The first-order valence-electron chi connectivity index (χ1n) is 12.6. The zero-order valence-electron chi connectivity index (χ0n) is 19.9. The first-order valence-corrected chi connectivity index (χ1v) is 13.6. The highest BCUT2D eigenvalue weighted by molar-refractivity contribution is 7.99. The molecule has 3 nitrogen and oxygen atoms in total. The van der Waals surface area contributed by atoms with Crippen LogP contribution in [0.2, 0.25) is 0 Å². The Balaban J connectivity index is 1.71. The van der Waals surface area contributed by atoms with Crippen molar-refractivity contribution < 1.29 is 0 Å². The van der Waals surface area contributed by atoms with Crippen LogP contribution in [0.3, 0.4) is 0 Å². The maximum Gasteiger partial charge on any atom is 0.263 e. The molecule has 3 aromatic rings. The first-order chi connectivity index (χ1) is 16.1. The molecular formula is C29H34N2OS. The van der Waals surface area contributed by atoms with Gasteiger partial charge in [-0.05, 0) is 49.8 Å². The van der Waals surface area contributed by atoms with Crippen LogP contribution < -0.4 is 5.56 Å². The topological polar surface area (TPSA) is 34.9 Å². The average molecular weight is 459 g/mol. The molecule has 0 saturated heterocycles. The molecule has 4 heteroatoms. The van der Waals surface area contributed by atoms with Crippen molar-refractivity contribution in [2.75, 3.05) is 5.75 Å². The zero-order chi connectivity index (χ0) is 22.8. The lowest BCUT2D eigenvalue weighted by molar-refractivity contribution is 0.422. The van der Waals surface area contributed by atoms with Gasteiger partial charge in [-0.25, -0.2) is 4.98 Å². The lowest BCUT2D eigenvalue weighted by Gasteiger charge is -2.36. The van der Waals surface area contributed by atoms with Gasteiger partial charge in [-0.3, -0.25) is 9.36 Å². The Hall–Kier alpha value is -2.33. The van der Waals surface area contributed by atoms with E-state index in [-0.39, 0.29) is 11.0 Å². The molecular weight excluding hydrogens is 424 g/mol. The van der Waals surface area contributed by atoms with E-state index >= 15 is 0 Å². The number of benzene rings is 2. The van der Waals surface area contributed by atoms with Gasteiger partial charge in [0.25, 0.3) is 5.56 Å². The van der Waals surface area contributed by atoms with Crippen LogP contribution in [0.1, 0.15) is 75.0 Å². The lowest BCUT2D eigenvalue weighted by atomic mass is 9.68. The fourth-order valence-corrected chi connectivity index (χ4v) is 6.82. The third-order valence-electron chi connectivity index (χ3n) is 7.53. The summed E-state index contributed by atoms with van der Waals surface area (Å²) in [5.41, 5.74) is 6.61. The van der Waals surface area contributed by atoms with Crippen LogP contribution in [-0.2, 0) is 11.8 Å². The fourth-order valence-electron chi connectivity index (χ4n) is 5.83. The van der Waals surface area contributed by atoms with Crippen molar-refractivity contribution in [2.45, 2.75) is 82.2 Å². The van der Waals surface area contributed by atoms with E-state index < -0.39 is 0 Å². The minimum atomic E-state index is -0.0669. The molecule has 33 heavy (non-hydrogen) atoms. The molecule has 172 valence electrons. The zero-order valence-corrected chi connectivity index (χ0v) is 20.7. The molecule has 5 rings (SSSR count). The maximum absolute atomic E-state index is 14.4. The molecule has 0 atom stereocenters. The molecule has 1 fully saturated rings. The van der Waals surface area contributed by atoms with Crippen molar-refractivity contribution in [2.24, 2.45) is 0 Å². The highest BCUT2D eigenvalue weighted by atomic mass is 32.2. The van der Waals surface area contributed by atoms with Crippen LogP contribution in [0.4, 0.5) is 0 Å². The van der Waals surface area contributed by atoms with E-state index in [9.17, 15) is 4.79 Å². The number of para-hydroxylation sites is 1. The predicted octanol–water partition coefficient (Wildman–Crippen LogP) is 7.25. The molecule has 0 radical (unpaired) electrons. The highest BCUT2D eigenvalue weighted by Crippen LogP contribution is 2.50. The van der Waals surface area contributed by atoms with Crippen LogP contribution in [0.25, 0.3) is 16.9 Å². The van der Waals surface area contributed by atoms with Crippen LogP contribution in [0.5, 0.6) is 0 Å². The molecule has 2 aliphatic carbocycles. The van der Waals surface area contributed by atoms with Crippen LogP contribution in [0.15, 0.2) is 58.5 Å². The molecule has 0 bridgehead atoms. The van der Waals surface area contributed by atoms with E-state index in [4.69, 9.17) is 4.98 Å². The second-order valence-corrected chi connectivity index (χ2v) is 10.8. The first kappa shape index (κ1) is 22.5. The SMILES string of the molecule is CCCCCCSc1nc2c(c(=O)n1-c1ccccc1C)C1(CCCC1)Cc1ccccc1-2. The quantitative estimate of drug-likeness (QED) is 0.212. The van der Waals surface area contributed by atoms with Gasteiger partial charge in [-0.15, -0.1) is 0 Å². The number of rotatable bonds is 7.